The summed E-state index contributed by atoms with van der Waals surface area (Å²) in [5.41, 5.74) is -0.179. The number of benzene rings is 1. The van der Waals surface area contributed by atoms with Gasteiger partial charge in [0.15, 0.2) is 11.6 Å². The molecule has 0 saturated heterocycles. The van der Waals surface area contributed by atoms with Crippen molar-refractivity contribution in [1.82, 2.24) is 0 Å². The van der Waals surface area contributed by atoms with Gasteiger partial charge in [-0.1, -0.05) is 27.7 Å². The van der Waals surface area contributed by atoms with Gasteiger partial charge in [-0.15, -0.1) is 0 Å². The fraction of sp³-hybridized carbons (Fsp3) is 0.500. The van der Waals surface area contributed by atoms with Crippen LogP contribution >= 0.6 is 0 Å². The van der Waals surface area contributed by atoms with Crippen LogP contribution in [0.15, 0.2) is 12.1 Å². The van der Waals surface area contributed by atoms with Crippen molar-refractivity contribution in [3.8, 4) is 6.07 Å². The molecule has 0 heterocycles. The van der Waals surface area contributed by atoms with E-state index in [9.17, 15) is 8.78 Å². The minimum Gasteiger partial charge on any atom is -0.376 e. The Balaban J connectivity index is 2.30. The molecule has 1 saturated carbocycles. The van der Waals surface area contributed by atoms with E-state index in [0.29, 0.717) is 0 Å². The van der Waals surface area contributed by atoms with Crippen LogP contribution in [0.5, 0.6) is 0 Å². The van der Waals surface area contributed by atoms with Crippen LogP contribution in [-0.4, -0.2) is 6.04 Å². The zero-order chi connectivity index (χ0) is 13.7. The van der Waals surface area contributed by atoms with E-state index in [2.05, 4.69) is 33.0 Å². The molecule has 1 aliphatic carbocycles. The van der Waals surface area contributed by atoms with Crippen LogP contribution in [-0.2, 0) is 0 Å². The van der Waals surface area contributed by atoms with E-state index >= 15 is 0 Å². The number of nitriles is 1. The second kappa shape index (κ2) is 3.68. The summed E-state index contributed by atoms with van der Waals surface area (Å²) in [7, 11) is 0. The highest BCUT2D eigenvalue weighted by atomic mass is 19.1. The van der Waals surface area contributed by atoms with Crippen molar-refractivity contribution in [3.63, 3.8) is 0 Å². The molecule has 1 fully saturated rings. The zero-order valence-corrected chi connectivity index (χ0v) is 10.9. The molecule has 96 valence electrons. The third-order valence-corrected chi connectivity index (χ3v) is 4.48. The lowest BCUT2D eigenvalue weighted by molar-refractivity contribution is 0.457. The van der Waals surface area contributed by atoms with Crippen LogP contribution in [0.1, 0.15) is 33.3 Å². The Morgan fingerprint density at radius 3 is 1.89 bits per heavy atom. The lowest BCUT2D eigenvalue weighted by atomic mass is 10.0. The molecule has 0 amide bonds. The summed E-state index contributed by atoms with van der Waals surface area (Å²) in [6, 6.07) is 3.84. The minimum atomic E-state index is -0.718. The Morgan fingerprint density at radius 2 is 1.56 bits per heavy atom. The summed E-state index contributed by atoms with van der Waals surface area (Å²) >= 11 is 0. The highest BCUT2D eigenvalue weighted by Gasteiger charge is 2.65. The second-order valence-electron chi connectivity index (χ2n) is 5.95. The molecule has 1 aromatic carbocycles. The molecular formula is C14H16F2N2. The van der Waals surface area contributed by atoms with Crippen molar-refractivity contribution in [2.24, 2.45) is 10.8 Å². The molecule has 18 heavy (non-hydrogen) atoms. The van der Waals surface area contributed by atoms with Crippen molar-refractivity contribution in [3.05, 3.63) is 29.3 Å². The van der Waals surface area contributed by atoms with Gasteiger partial charge in [0.2, 0.25) is 0 Å². The summed E-state index contributed by atoms with van der Waals surface area (Å²) in [4.78, 5) is 0. The molecule has 0 radical (unpaired) electrons. The highest BCUT2D eigenvalue weighted by molar-refractivity contribution is 5.53. The van der Waals surface area contributed by atoms with Crippen molar-refractivity contribution in [2.45, 2.75) is 33.7 Å². The molecule has 4 heteroatoms. The predicted molar refractivity (Wildman–Crippen MR) is 66.0 cm³/mol. The maximum atomic E-state index is 13.7. The molecule has 0 bridgehead atoms. The Morgan fingerprint density at radius 1 is 1.11 bits per heavy atom. The van der Waals surface area contributed by atoms with Crippen molar-refractivity contribution >= 4 is 5.69 Å². The van der Waals surface area contributed by atoms with Crippen LogP contribution in [0.2, 0.25) is 0 Å². The van der Waals surface area contributed by atoms with Crippen molar-refractivity contribution in [1.29, 1.82) is 5.26 Å². The third-order valence-electron chi connectivity index (χ3n) is 4.48. The van der Waals surface area contributed by atoms with Crippen LogP contribution in [0.4, 0.5) is 14.5 Å². The summed E-state index contributed by atoms with van der Waals surface area (Å²) in [6.07, 6.45) is 0. The van der Waals surface area contributed by atoms with Gasteiger partial charge < -0.3 is 5.32 Å². The standard InChI is InChI=1S/C14H16F2N2/c1-13(2)12(14(13,3)4)18-11-9(15)5-8(7-17)6-10(11)16/h5-6,12,18H,1-4H3. The number of anilines is 1. The van der Waals surface area contributed by atoms with E-state index in [1.54, 1.807) is 6.07 Å². The van der Waals surface area contributed by atoms with Gasteiger partial charge in [0.05, 0.1) is 11.6 Å². The lowest BCUT2D eigenvalue weighted by Crippen LogP contribution is -2.13. The quantitative estimate of drug-likeness (QED) is 0.869. The molecule has 0 aromatic heterocycles. The number of hydrogen-bond donors (Lipinski definition) is 1. The van der Waals surface area contributed by atoms with Gasteiger partial charge in [-0.2, -0.15) is 5.26 Å². The molecule has 1 aromatic rings. The molecule has 2 nitrogen and oxygen atoms in total. The molecule has 0 unspecified atom stereocenters. The first-order valence-corrected chi connectivity index (χ1v) is 5.87. The predicted octanol–water partition coefficient (Wildman–Crippen LogP) is 3.68. The number of halogens is 2. The lowest BCUT2D eigenvalue weighted by Gasteiger charge is -2.10. The van der Waals surface area contributed by atoms with Crippen LogP contribution in [0, 0.1) is 33.8 Å². The van der Waals surface area contributed by atoms with Crippen molar-refractivity contribution < 1.29 is 8.78 Å². The Hall–Kier alpha value is -1.63. The third kappa shape index (κ3) is 1.66. The van der Waals surface area contributed by atoms with E-state index in [1.165, 1.54) is 0 Å². The van der Waals surface area contributed by atoms with Gasteiger partial charge in [-0.3, -0.25) is 0 Å². The number of hydrogen-bond acceptors (Lipinski definition) is 2. The van der Waals surface area contributed by atoms with Gasteiger partial charge >= 0.3 is 0 Å². The van der Waals surface area contributed by atoms with E-state index in [0.717, 1.165) is 12.1 Å². The van der Waals surface area contributed by atoms with Gasteiger partial charge in [0, 0.05) is 6.04 Å². The second-order valence-corrected chi connectivity index (χ2v) is 5.95. The topological polar surface area (TPSA) is 35.8 Å². The molecule has 0 aliphatic heterocycles. The first-order chi connectivity index (χ1) is 8.21. The number of nitrogens with zero attached hydrogens (tertiary/aromatic N) is 1. The smallest absolute Gasteiger partial charge is 0.150 e. The summed E-state index contributed by atoms with van der Waals surface area (Å²) < 4.78 is 27.5. The van der Waals surface area contributed by atoms with E-state index in [-0.39, 0.29) is 28.1 Å². The zero-order valence-electron chi connectivity index (χ0n) is 10.9. The van der Waals surface area contributed by atoms with E-state index in [1.807, 2.05) is 0 Å². The SMILES string of the molecule is CC1(C)C(Nc2c(F)cc(C#N)cc2F)C1(C)C. The fourth-order valence-corrected chi connectivity index (χ4v) is 2.48. The van der Waals surface area contributed by atoms with Gasteiger partial charge in [0.1, 0.15) is 5.69 Å². The van der Waals surface area contributed by atoms with Crippen LogP contribution in [0.25, 0.3) is 0 Å². The summed E-state index contributed by atoms with van der Waals surface area (Å²) in [5.74, 6) is -1.44. The average molecular weight is 250 g/mol. The number of nitrogens with one attached hydrogen (secondary N) is 1. The molecular weight excluding hydrogens is 234 g/mol. The normalized spacial score (nSPS) is 20.3. The Labute approximate surface area is 106 Å². The summed E-state index contributed by atoms with van der Waals surface area (Å²) in [6.45, 7) is 8.24. The average Bonchev–Trinajstić information content (AvgIpc) is 2.64. The largest absolute Gasteiger partial charge is 0.376 e. The van der Waals surface area contributed by atoms with Crippen LogP contribution in [0.3, 0.4) is 0 Å². The van der Waals surface area contributed by atoms with Crippen molar-refractivity contribution in [2.75, 3.05) is 5.32 Å². The first kappa shape index (κ1) is 12.8. The molecule has 0 atom stereocenters. The van der Waals surface area contributed by atoms with Gasteiger partial charge in [-0.25, -0.2) is 8.78 Å². The summed E-state index contributed by atoms with van der Waals surface area (Å²) in [5, 5.41) is 11.6. The molecule has 1 N–H and O–H groups in total. The number of rotatable bonds is 2. The minimum absolute atomic E-state index is 0.00938. The Kier molecular flexibility index (Phi) is 2.62. The van der Waals surface area contributed by atoms with E-state index in [4.69, 9.17) is 5.26 Å². The highest BCUT2D eigenvalue weighted by Crippen LogP contribution is 2.63. The molecule has 0 spiro atoms. The fourth-order valence-electron chi connectivity index (χ4n) is 2.48. The first-order valence-electron chi connectivity index (χ1n) is 5.87. The maximum absolute atomic E-state index is 13.7. The monoisotopic (exact) mass is 250 g/mol. The maximum Gasteiger partial charge on any atom is 0.150 e. The molecule has 2 rings (SSSR count). The van der Waals surface area contributed by atoms with Gasteiger partial charge in [-0.05, 0) is 23.0 Å². The van der Waals surface area contributed by atoms with E-state index < -0.39 is 11.6 Å². The molecule has 1 aliphatic rings. The van der Waals surface area contributed by atoms with Gasteiger partial charge in [0.25, 0.3) is 0 Å². The Bertz CT molecular complexity index is 504. The van der Waals surface area contributed by atoms with Crippen LogP contribution < -0.4 is 5.32 Å².